The molecule has 402 valence electrons. The van der Waals surface area contributed by atoms with E-state index in [0.29, 0.717) is 41.1 Å². The highest BCUT2D eigenvalue weighted by Gasteiger charge is 2.45. The van der Waals surface area contributed by atoms with Crippen molar-refractivity contribution in [2.24, 2.45) is 7.05 Å². The van der Waals surface area contributed by atoms with Gasteiger partial charge >= 0.3 is 6.03 Å². The van der Waals surface area contributed by atoms with Crippen LogP contribution in [0.25, 0.3) is 32.9 Å². The lowest BCUT2D eigenvalue weighted by atomic mass is 9.87. The molecule has 1 atom stereocenters. The molecule has 3 aliphatic heterocycles. The van der Waals surface area contributed by atoms with Gasteiger partial charge in [-0.2, -0.15) is 0 Å². The van der Waals surface area contributed by atoms with Gasteiger partial charge in [0, 0.05) is 106 Å². The van der Waals surface area contributed by atoms with Crippen molar-refractivity contribution in [3.63, 3.8) is 0 Å². The number of pyridine rings is 1. The Labute approximate surface area is 447 Å². The number of aromatic nitrogens is 4. The van der Waals surface area contributed by atoms with Gasteiger partial charge in [-0.05, 0) is 93.0 Å². The maximum Gasteiger partial charge on any atom is 0.332 e. The maximum absolute atomic E-state index is 13.6. The van der Waals surface area contributed by atoms with E-state index in [2.05, 4.69) is 79.8 Å². The summed E-state index contributed by atoms with van der Waals surface area (Å²) in [5.74, 6) is 6.34. The molecule has 10 rings (SSSR count). The van der Waals surface area contributed by atoms with Crippen LogP contribution in [0.3, 0.4) is 0 Å². The van der Waals surface area contributed by atoms with Crippen molar-refractivity contribution >= 4 is 57.2 Å². The van der Waals surface area contributed by atoms with Gasteiger partial charge in [0.1, 0.15) is 17.9 Å². The summed E-state index contributed by atoms with van der Waals surface area (Å²) in [6.07, 6.45) is 9.66. The molecule has 1 unspecified atom stereocenters. The van der Waals surface area contributed by atoms with Crippen molar-refractivity contribution in [2.45, 2.75) is 82.1 Å². The largest absolute Gasteiger partial charge is 0.495 e. The van der Waals surface area contributed by atoms with Gasteiger partial charge in [-0.25, -0.2) is 19.7 Å². The molecule has 77 heavy (non-hydrogen) atoms. The zero-order chi connectivity index (χ0) is 53.8. The molecule has 4 fully saturated rings. The van der Waals surface area contributed by atoms with Crippen molar-refractivity contribution in [1.82, 2.24) is 45.3 Å². The lowest BCUT2D eigenvalue weighted by molar-refractivity contribution is -0.130. The van der Waals surface area contributed by atoms with Crippen molar-refractivity contribution in [3.05, 3.63) is 112 Å². The van der Waals surface area contributed by atoms with E-state index in [1.165, 1.54) is 18.9 Å². The minimum absolute atomic E-state index is 0.0527. The molecule has 4 N–H and O–H groups in total. The summed E-state index contributed by atoms with van der Waals surface area (Å²) in [5.41, 5.74) is 4.93. The molecule has 4 aliphatic rings. The summed E-state index contributed by atoms with van der Waals surface area (Å²) < 4.78 is 20.4. The molecule has 5 amide bonds. The van der Waals surface area contributed by atoms with Crippen LogP contribution in [0.15, 0.2) is 90.0 Å². The van der Waals surface area contributed by atoms with E-state index in [0.717, 1.165) is 108 Å². The van der Waals surface area contributed by atoms with E-state index in [4.69, 9.17) is 24.2 Å². The molecule has 0 bridgehead atoms. The van der Waals surface area contributed by atoms with E-state index in [-0.39, 0.29) is 55.9 Å². The molecule has 3 aromatic heterocycles. The number of methoxy groups -OCH3 is 2. The Hall–Kier alpha value is -7.63. The highest BCUT2D eigenvalue weighted by atomic mass is 16.6. The highest BCUT2D eigenvalue weighted by Crippen LogP contribution is 2.44. The van der Waals surface area contributed by atoms with Crippen molar-refractivity contribution in [3.8, 4) is 28.7 Å². The first kappa shape index (κ1) is 52.8. The zero-order valence-corrected chi connectivity index (χ0v) is 44.4. The van der Waals surface area contributed by atoms with Gasteiger partial charge in [0.15, 0.2) is 5.60 Å². The third kappa shape index (κ3) is 11.3. The number of urea groups is 1. The molecule has 3 saturated heterocycles. The number of rotatable bonds is 17. The Balaban J connectivity index is 0.803. The SMILES string of the molecule is COCC(OC1CC1)(c1ccccc1)c1nc(N2CCC(N3CCC(C)(NCC#Cc4ccc(OC)c(N5CCC(=O)N(CNC(=O)CNC(C)=O)C5=O)c4)CC3)CC2)nc2ccc(-c3cn(C)c(=O)c4[nH]ccc34)cc12. The van der Waals surface area contributed by atoms with Gasteiger partial charge in [-0.1, -0.05) is 48.2 Å². The smallest absolute Gasteiger partial charge is 0.332 e. The van der Waals surface area contributed by atoms with Crippen molar-refractivity contribution in [1.29, 1.82) is 0 Å². The third-order valence-corrected chi connectivity index (χ3v) is 15.5. The number of aryl methyl sites for hydroxylation is 1. The van der Waals surface area contributed by atoms with Crippen LogP contribution in [-0.4, -0.2) is 144 Å². The number of aromatic amines is 1. The average molecular weight is 1050 g/mol. The highest BCUT2D eigenvalue weighted by molar-refractivity contribution is 6.06. The van der Waals surface area contributed by atoms with Crippen molar-refractivity contribution in [2.75, 3.05) is 83.1 Å². The summed E-state index contributed by atoms with van der Waals surface area (Å²) in [5, 5.41) is 10.4. The van der Waals surface area contributed by atoms with Gasteiger partial charge in [-0.15, -0.1) is 0 Å². The standard InChI is InChI=1S/C58H67N11O8/c1-38(70)60-34-50(71)61-37-69-51(72)22-29-68(56(69)74)48-32-39(13-18-49(48)76-5)10-9-25-62-57(2)23-30-66(31-24-57)42-20-27-67(28-21-42)55-63-47-17-14-40(46-35-65(3)54(73)52-44(46)19-26-59-52)33-45(47)53(64-55)58(36-75-4,77-43-15-16-43)41-11-7-6-8-12-41/h6-8,11-14,17-19,26,32-33,35,42-43,59,62H,15-16,20-25,27-31,34,36-37H2,1-5H3,(H,60,70)(H,61,71). The second-order valence-electron chi connectivity index (χ2n) is 20.8. The van der Waals surface area contributed by atoms with Crippen LogP contribution in [0.4, 0.5) is 16.4 Å². The number of carbonyl (C=O) groups is 4. The molecular formula is C58H67N11O8. The number of H-pyrrole nitrogens is 1. The van der Waals surface area contributed by atoms with Gasteiger partial charge in [-0.3, -0.25) is 24.1 Å². The predicted octanol–water partition coefficient (Wildman–Crippen LogP) is 5.39. The van der Waals surface area contributed by atoms with E-state index < -0.39 is 23.4 Å². The fourth-order valence-electron chi connectivity index (χ4n) is 10.9. The summed E-state index contributed by atoms with van der Waals surface area (Å²) in [6.45, 7) is 7.37. The third-order valence-electron chi connectivity index (χ3n) is 15.5. The number of piperidine rings is 2. The Morgan fingerprint density at radius 1 is 0.896 bits per heavy atom. The number of amides is 5. The van der Waals surface area contributed by atoms with Gasteiger partial charge in [0.05, 0.1) is 49.8 Å². The lowest BCUT2D eigenvalue weighted by Gasteiger charge is -2.45. The van der Waals surface area contributed by atoms with Crippen LogP contribution >= 0.6 is 0 Å². The first-order valence-electron chi connectivity index (χ1n) is 26.5. The number of benzene rings is 3. The quantitative estimate of drug-likeness (QED) is 0.0847. The van der Waals surface area contributed by atoms with E-state index in [1.54, 1.807) is 30.9 Å². The average Bonchev–Trinajstić information content (AvgIpc) is 4.22. The fourth-order valence-corrected chi connectivity index (χ4v) is 10.9. The van der Waals surface area contributed by atoms with Crippen LogP contribution in [0.2, 0.25) is 0 Å². The molecule has 0 radical (unpaired) electrons. The van der Waals surface area contributed by atoms with Crippen LogP contribution in [0.5, 0.6) is 5.75 Å². The number of fused-ring (bicyclic) bond motifs is 2. The molecule has 19 heteroatoms. The summed E-state index contributed by atoms with van der Waals surface area (Å²) in [6, 6.07) is 23.7. The Morgan fingerprint density at radius 2 is 1.68 bits per heavy atom. The zero-order valence-electron chi connectivity index (χ0n) is 44.4. The fraction of sp³-hybridized carbons (Fsp3) is 0.431. The Morgan fingerprint density at radius 3 is 2.40 bits per heavy atom. The summed E-state index contributed by atoms with van der Waals surface area (Å²) in [4.78, 5) is 84.2. The van der Waals surface area contributed by atoms with E-state index in [9.17, 15) is 24.0 Å². The lowest BCUT2D eigenvalue weighted by Crippen LogP contribution is -2.56. The number of hydrogen-bond donors (Lipinski definition) is 4. The molecule has 0 spiro atoms. The normalized spacial score (nSPS) is 18.0. The summed E-state index contributed by atoms with van der Waals surface area (Å²) >= 11 is 0. The maximum atomic E-state index is 13.6. The van der Waals surface area contributed by atoms with Crippen LogP contribution in [0.1, 0.15) is 75.6 Å². The molecule has 6 aromatic rings. The van der Waals surface area contributed by atoms with E-state index in [1.807, 2.05) is 42.7 Å². The molecular weight excluding hydrogens is 979 g/mol. The number of hydrogen-bond acceptors (Lipinski definition) is 13. The number of ether oxygens (including phenoxy) is 3. The monoisotopic (exact) mass is 1050 g/mol. The number of carbonyl (C=O) groups excluding carboxylic acids is 4. The molecule has 19 nitrogen and oxygen atoms in total. The molecule has 1 saturated carbocycles. The second kappa shape index (κ2) is 22.5. The minimum atomic E-state index is -1.01. The molecule has 1 aliphatic carbocycles. The summed E-state index contributed by atoms with van der Waals surface area (Å²) in [7, 11) is 5.00. The first-order chi connectivity index (χ1) is 37.3. The topological polar surface area (TPSA) is 209 Å². The molecule has 3 aromatic carbocycles. The van der Waals surface area contributed by atoms with Gasteiger partial charge in [0.25, 0.3) is 5.56 Å². The number of nitrogens with one attached hydrogen (secondary N) is 4. The molecule has 6 heterocycles. The van der Waals surface area contributed by atoms with Crippen LogP contribution < -0.4 is 36.0 Å². The Bertz CT molecular complexity index is 3310. The van der Waals surface area contributed by atoms with Crippen molar-refractivity contribution < 1.29 is 33.4 Å². The Kier molecular flexibility index (Phi) is 15.4. The number of anilines is 2. The number of nitrogens with zero attached hydrogens (tertiary/aromatic N) is 7. The predicted molar refractivity (Wildman–Crippen MR) is 293 cm³/mol. The number of imide groups is 1. The van der Waals surface area contributed by atoms with Crippen LogP contribution in [-0.2, 0) is 36.5 Å². The van der Waals surface area contributed by atoms with Gasteiger partial charge in [0.2, 0.25) is 23.7 Å². The minimum Gasteiger partial charge on any atom is -0.495 e. The second-order valence-corrected chi connectivity index (χ2v) is 20.8. The van der Waals surface area contributed by atoms with Gasteiger partial charge < -0.3 is 49.5 Å². The number of likely N-dealkylation sites (tertiary alicyclic amines) is 1. The van der Waals surface area contributed by atoms with Crippen LogP contribution in [0, 0.1) is 11.8 Å². The first-order valence-corrected chi connectivity index (χ1v) is 26.5. The van der Waals surface area contributed by atoms with E-state index >= 15 is 0 Å².